The maximum absolute atomic E-state index is 13.1. The molecule has 40 heavy (non-hydrogen) atoms. The molecule has 3 aromatic carbocycles. The van der Waals surface area contributed by atoms with Gasteiger partial charge in [-0.1, -0.05) is 0 Å². The van der Waals surface area contributed by atoms with Crippen LogP contribution in [0.25, 0.3) is 11.8 Å². The Balaban J connectivity index is 1.57. The second-order valence-corrected chi connectivity index (χ2v) is 8.55. The van der Waals surface area contributed by atoms with Crippen LogP contribution in [0.15, 0.2) is 78.4 Å². The Morgan fingerprint density at radius 1 is 1.00 bits per heavy atom. The van der Waals surface area contributed by atoms with Gasteiger partial charge in [0.15, 0.2) is 0 Å². The quantitative estimate of drug-likeness (QED) is 0.117. The third-order valence-electron chi connectivity index (χ3n) is 5.91. The Morgan fingerprint density at radius 2 is 1.68 bits per heavy atom. The maximum atomic E-state index is 13.1. The average molecular weight is 541 g/mol. The summed E-state index contributed by atoms with van der Waals surface area (Å²) >= 11 is 0. The summed E-state index contributed by atoms with van der Waals surface area (Å²) in [5.41, 5.74) is 2.13. The number of carbonyl (C=O) groups is 1. The number of benzene rings is 3. The molecule has 12 heteroatoms. The van der Waals surface area contributed by atoms with E-state index in [0.717, 1.165) is 29.2 Å². The molecule has 4 rings (SSSR count). The smallest absolute Gasteiger partial charge is 0.318 e. The molecule has 0 unspecified atom stereocenters. The second kappa shape index (κ2) is 11.3. The van der Waals surface area contributed by atoms with Crippen molar-refractivity contribution in [2.45, 2.75) is 13.8 Å². The average Bonchev–Trinajstić information content (AvgIpc) is 3.21. The van der Waals surface area contributed by atoms with E-state index in [1.54, 1.807) is 24.3 Å². The van der Waals surface area contributed by atoms with E-state index in [1.165, 1.54) is 36.4 Å². The van der Waals surface area contributed by atoms with E-state index in [9.17, 15) is 34.7 Å². The molecule has 0 fully saturated rings. The highest BCUT2D eigenvalue weighted by atomic mass is 19.1. The van der Waals surface area contributed by atoms with E-state index in [4.69, 9.17) is 4.74 Å². The lowest BCUT2D eigenvalue weighted by atomic mass is 10.1. The number of nitro benzene ring substituents is 2. The van der Waals surface area contributed by atoms with Crippen LogP contribution in [0.5, 0.6) is 11.5 Å². The third-order valence-corrected chi connectivity index (χ3v) is 5.91. The van der Waals surface area contributed by atoms with Crippen LogP contribution in [0.1, 0.15) is 17.0 Å². The zero-order valence-electron chi connectivity index (χ0n) is 21.1. The minimum absolute atomic E-state index is 0.141. The number of hydrogen-bond donors (Lipinski definition) is 1. The van der Waals surface area contributed by atoms with Gasteiger partial charge in [0.25, 0.3) is 11.6 Å². The molecule has 11 nitrogen and oxygen atoms in total. The molecule has 1 N–H and O–H groups in total. The van der Waals surface area contributed by atoms with Crippen molar-refractivity contribution >= 4 is 29.0 Å². The number of anilines is 1. The summed E-state index contributed by atoms with van der Waals surface area (Å²) in [4.78, 5) is 33.5. The molecule has 0 aliphatic heterocycles. The van der Waals surface area contributed by atoms with E-state index in [0.29, 0.717) is 11.3 Å². The molecule has 1 aromatic heterocycles. The van der Waals surface area contributed by atoms with Gasteiger partial charge in [-0.25, -0.2) is 4.39 Å². The number of nitrogens with one attached hydrogen (secondary N) is 1. The lowest BCUT2D eigenvalue weighted by Crippen LogP contribution is -2.13. The van der Waals surface area contributed by atoms with Gasteiger partial charge in [-0.15, -0.1) is 0 Å². The van der Waals surface area contributed by atoms with Crippen LogP contribution < -0.4 is 10.1 Å². The van der Waals surface area contributed by atoms with Gasteiger partial charge in [0.05, 0.1) is 15.9 Å². The standard InChI is InChI=1S/C28H20FN5O6/c1-17-13-19(14-20(16-30)28(35)31-22-5-3-21(29)4-6-22)18(2)32(17)23-7-10-25(11-8-23)40-27-12-9-24(33(36)37)15-26(27)34(38)39/h3-15H,1-2H3,(H,31,35)/b20-14-. The molecule has 0 atom stereocenters. The fraction of sp³-hybridized carbons (Fsp3) is 0.0714. The number of nitriles is 1. The number of carbonyl (C=O) groups excluding carboxylic acids is 1. The number of aromatic nitrogens is 1. The van der Waals surface area contributed by atoms with Gasteiger partial charge in [0, 0.05) is 28.8 Å². The van der Waals surface area contributed by atoms with Gasteiger partial charge in [0.2, 0.25) is 5.75 Å². The molecule has 1 amide bonds. The summed E-state index contributed by atoms with van der Waals surface area (Å²) in [6.07, 6.45) is 1.46. The lowest BCUT2D eigenvalue weighted by molar-refractivity contribution is -0.394. The fourth-order valence-corrected chi connectivity index (χ4v) is 4.01. The Morgan fingerprint density at radius 3 is 2.27 bits per heavy atom. The van der Waals surface area contributed by atoms with Crippen LogP contribution in [-0.4, -0.2) is 20.3 Å². The Kier molecular flexibility index (Phi) is 7.67. The molecule has 0 saturated carbocycles. The second-order valence-electron chi connectivity index (χ2n) is 8.55. The molecule has 0 radical (unpaired) electrons. The fourth-order valence-electron chi connectivity index (χ4n) is 4.01. The number of non-ortho nitro benzene ring substituents is 1. The maximum Gasteiger partial charge on any atom is 0.318 e. The molecule has 0 bridgehead atoms. The van der Waals surface area contributed by atoms with Gasteiger partial charge < -0.3 is 14.6 Å². The van der Waals surface area contributed by atoms with Crippen LogP contribution in [0.3, 0.4) is 0 Å². The molecule has 200 valence electrons. The van der Waals surface area contributed by atoms with Crippen molar-refractivity contribution < 1.29 is 23.8 Å². The first-order valence-corrected chi connectivity index (χ1v) is 11.7. The van der Waals surface area contributed by atoms with Crippen molar-refractivity contribution in [2.24, 2.45) is 0 Å². The largest absolute Gasteiger partial charge is 0.450 e. The first-order chi connectivity index (χ1) is 19.1. The van der Waals surface area contributed by atoms with Crippen molar-refractivity contribution in [2.75, 3.05) is 5.32 Å². The topological polar surface area (TPSA) is 153 Å². The number of amides is 1. The summed E-state index contributed by atoms with van der Waals surface area (Å²) in [6.45, 7) is 3.66. The zero-order valence-corrected chi connectivity index (χ0v) is 21.1. The third kappa shape index (κ3) is 5.84. The first kappa shape index (κ1) is 27.2. The van der Waals surface area contributed by atoms with Gasteiger partial charge in [-0.2, -0.15) is 5.26 Å². The van der Waals surface area contributed by atoms with Crippen molar-refractivity contribution in [3.8, 4) is 23.3 Å². The number of nitro groups is 2. The molecular formula is C28H20FN5O6. The number of halogens is 1. The van der Waals surface area contributed by atoms with E-state index < -0.39 is 32.9 Å². The summed E-state index contributed by atoms with van der Waals surface area (Å²) < 4.78 is 20.6. The van der Waals surface area contributed by atoms with Gasteiger partial charge >= 0.3 is 5.69 Å². The van der Waals surface area contributed by atoms with Crippen LogP contribution in [-0.2, 0) is 4.79 Å². The number of aryl methyl sites for hydroxylation is 1. The van der Waals surface area contributed by atoms with Crippen LogP contribution in [0, 0.1) is 51.2 Å². The van der Waals surface area contributed by atoms with Crippen LogP contribution in [0.2, 0.25) is 0 Å². The SMILES string of the molecule is Cc1cc(/C=C(/C#N)C(=O)Nc2ccc(F)cc2)c(C)n1-c1ccc(Oc2ccc([N+](=O)[O-])cc2[N+](=O)[O-])cc1. The minimum Gasteiger partial charge on any atom is -0.450 e. The van der Waals surface area contributed by atoms with E-state index in [2.05, 4.69) is 5.32 Å². The predicted octanol–water partition coefficient (Wildman–Crippen LogP) is 6.39. The van der Waals surface area contributed by atoms with Gasteiger partial charge in [-0.3, -0.25) is 25.0 Å². The van der Waals surface area contributed by atoms with Gasteiger partial charge in [-0.05, 0) is 86.2 Å². The summed E-state index contributed by atoms with van der Waals surface area (Å²) in [7, 11) is 0. The first-order valence-electron chi connectivity index (χ1n) is 11.7. The van der Waals surface area contributed by atoms with Crippen molar-refractivity contribution in [3.05, 3.63) is 121 Å². The highest BCUT2D eigenvalue weighted by Gasteiger charge is 2.21. The highest BCUT2D eigenvalue weighted by molar-refractivity contribution is 6.09. The molecule has 0 spiro atoms. The predicted molar refractivity (Wildman–Crippen MR) is 144 cm³/mol. The monoisotopic (exact) mass is 541 g/mol. The summed E-state index contributed by atoms with van der Waals surface area (Å²) in [5.74, 6) is -0.964. The van der Waals surface area contributed by atoms with E-state index >= 15 is 0 Å². The molecule has 0 aliphatic rings. The molecule has 4 aromatic rings. The number of ether oxygens (including phenoxy) is 1. The zero-order chi connectivity index (χ0) is 29.0. The molecule has 1 heterocycles. The summed E-state index contributed by atoms with van der Waals surface area (Å²) in [5, 5.41) is 34.5. The van der Waals surface area contributed by atoms with Crippen molar-refractivity contribution in [1.82, 2.24) is 4.57 Å². The summed E-state index contributed by atoms with van der Waals surface area (Å²) in [6, 6.07) is 18.6. The number of nitrogens with zero attached hydrogens (tertiary/aromatic N) is 4. The Bertz CT molecular complexity index is 1700. The van der Waals surface area contributed by atoms with Crippen molar-refractivity contribution in [1.29, 1.82) is 5.26 Å². The molecular weight excluding hydrogens is 521 g/mol. The lowest BCUT2D eigenvalue weighted by Gasteiger charge is -2.11. The Labute approximate surface area is 226 Å². The van der Waals surface area contributed by atoms with Crippen LogP contribution >= 0.6 is 0 Å². The van der Waals surface area contributed by atoms with Crippen LogP contribution in [0.4, 0.5) is 21.5 Å². The molecule has 0 saturated heterocycles. The van der Waals surface area contributed by atoms with Crippen molar-refractivity contribution in [3.63, 3.8) is 0 Å². The Hall–Kier alpha value is -5.83. The molecule has 0 aliphatic carbocycles. The normalized spacial score (nSPS) is 11.0. The highest BCUT2D eigenvalue weighted by Crippen LogP contribution is 2.35. The minimum atomic E-state index is -0.756. The van der Waals surface area contributed by atoms with Gasteiger partial charge in [0.1, 0.15) is 23.2 Å². The number of hydrogen-bond acceptors (Lipinski definition) is 7. The number of rotatable bonds is 8. The van der Waals surface area contributed by atoms with E-state index in [1.807, 2.05) is 30.6 Å². The van der Waals surface area contributed by atoms with E-state index in [-0.39, 0.29) is 17.1 Å².